The van der Waals surface area contributed by atoms with E-state index in [-0.39, 0.29) is 5.84 Å². The molecule has 1 aliphatic carbocycles. The number of nitrogens with two attached hydrogens (primary N) is 1. The van der Waals surface area contributed by atoms with Gasteiger partial charge in [-0.2, -0.15) is 0 Å². The number of amidine groups is 1. The Kier molecular flexibility index (Phi) is 2.53. The highest BCUT2D eigenvalue weighted by Gasteiger charge is 2.29. The van der Waals surface area contributed by atoms with Crippen molar-refractivity contribution in [2.45, 2.75) is 25.8 Å². The highest BCUT2D eigenvalue weighted by molar-refractivity contribution is 5.93. The minimum Gasteiger partial charge on any atom is -0.382 e. The Bertz CT molecular complexity index is 372. The van der Waals surface area contributed by atoms with E-state index >= 15 is 0 Å². The minimum atomic E-state index is -0.00880. The van der Waals surface area contributed by atoms with Crippen molar-refractivity contribution in [2.24, 2.45) is 5.73 Å². The predicted molar refractivity (Wildman–Crippen MR) is 59.1 cm³/mol. The first-order valence-electron chi connectivity index (χ1n) is 5.16. The van der Waals surface area contributed by atoms with Crippen LogP contribution in [-0.4, -0.2) is 28.4 Å². The molecule has 5 nitrogen and oxygen atoms in total. The average molecular weight is 205 g/mol. The summed E-state index contributed by atoms with van der Waals surface area (Å²) in [6.45, 7) is 2.98. The molecule has 0 spiro atoms. The quantitative estimate of drug-likeness (QED) is 0.561. The van der Waals surface area contributed by atoms with Gasteiger partial charge in [0.05, 0.1) is 0 Å². The molecule has 0 atom stereocenters. The van der Waals surface area contributed by atoms with Crippen molar-refractivity contribution in [1.29, 1.82) is 5.41 Å². The van der Waals surface area contributed by atoms with E-state index in [4.69, 9.17) is 11.1 Å². The molecule has 5 heteroatoms. The maximum absolute atomic E-state index is 7.32. The van der Waals surface area contributed by atoms with E-state index in [0.29, 0.717) is 17.7 Å². The van der Waals surface area contributed by atoms with Crippen LogP contribution in [0.4, 0.5) is 5.95 Å². The Morgan fingerprint density at radius 3 is 2.93 bits per heavy atom. The molecule has 0 unspecified atom stereocenters. The standard InChI is InChI=1S/C10H15N5/c1-2-15(7-3-4-7)10-13-6-5-8(14-10)9(11)12/h5-7H,2-4H2,1H3,(H3,11,12). The molecule has 1 aliphatic rings. The molecule has 1 heterocycles. The molecule has 2 rings (SSSR count). The summed E-state index contributed by atoms with van der Waals surface area (Å²) in [5.74, 6) is 0.679. The monoisotopic (exact) mass is 205 g/mol. The number of rotatable bonds is 4. The lowest BCUT2D eigenvalue weighted by Gasteiger charge is -2.20. The van der Waals surface area contributed by atoms with Gasteiger partial charge in [0.2, 0.25) is 5.95 Å². The van der Waals surface area contributed by atoms with Crippen LogP contribution < -0.4 is 10.6 Å². The topological polar surface area (TPSA) is 78.9 Å². The fourth-order valence-corrected chi connectivity index (χ4v) is 1.59. The second-order valence-corrected chi connectivity index (χ2v) is 3.67. The van der Waals surface area contributed by atoms with E-state index in [1.807, 2.05) is 0 Å². The highest BCUT2D eigenvalue weighted by Crippen LogP contribution is 2.29. The van der Waals surface area contributed by atoms with Crippen molar-refractivity contribution in [2.75, 3.05) is 11.4 Å². The number of nitrogens with zero attached hydrogens (tertiary/aromatic N) is 3. The van der Waals surface area contributed by atoms with Crippen LogP contribution in [0.5, 0.6) is 0 Å². The van der Waals surface area contributed by atoms with Crippen LogP contribution in [0.25, 0.3) is 0 Å². The van der Waals surface area contributed by atoms with Crippen LogP contribution in [0.15, 0.2) is 12.3 Å². The van der Waals surface area contributed by atoms with Gasteiger partial charge >= 0.3 is 0 Å². The fraction of sp³-hybridized carbons (Fsp3) is 0.500. The third-order valence-electron chi connectivity index (χ3n) is 2.50. The van der Waals surface area contributed by atoms with Gasteiger partial charge in [0.1, 0.15) is 11.5 Å². The second-order valence-electron chi connectivity index (χ2n) is 3.67. The van der Waals surface area contributed by atoms with Gasteiger partial charge in [-0.15, -0.1) is 0 Å². The van der Waals surface area contributed by atoms with E-state index in [2.05, 4.69) is 21.8 Å². The summed E-state index contributed by atoms with van der Waals surface area (Å²) in [5, 5.41) is 7.32. The largest absolute Gasteiger partial charge is 0.382 e. The zero-order chi connectivity index (χ0) is 10.8. The molecule has 15 heavy (non-hydrogen) atoms. The zero-order valence-electron chi connectivity index (χ0n) is 8.77. The Balaban J connectivity index is 2.26. The van der Waals surface area contributed by atoms with Crippen LogP contribution in [0.1, 0.15) is 25.5 Å². The van der Waals surface area contributed by atoms with Crippen molar-refractivity contribution >= 4 is 11.8 Å². The molecular weight excluding hydrogens is 190 g/mol. The molecule has 0 radical (unpaired) electrons. The van der Waals surface area contributed by atoms with E-state index in [1.54, 1.807) is 12.3 Å². The van der Waals surface area contributed by atoms with Gasteiger partial charge in [0, 0.05) is 18.8 Å². The van der Waals surface area contributed by atoms with Gasteiger partial charge in [-0.05, 0) is 25.8 Å². The molecule has 0 aromatic carbocycles. The predicted octanol–water partition coefficient (Wildman–Crippen LogP) is 0.749. The Morgan fingerprint density at radius 2 is 2.40 bits per heavy atom. The van der Waals surface area contributed by atoms with Crippen LogP contribution in [0.3, 0.4) is 0 Å². The second kappa shape index (κ2) is 3.84. The third kappa shape index (κ3) is 2.06. The molecule has 0 aliphatic heterocycles. The van der Waals surface area contributed by atoms with Crippen LogP contribution in [0, 0.1) is 5.41 Å². The summed E-state index contributed by atoms with van der Waals surface area (Å²) in [4.78, 5) is 10.6. The number of nitrogen functional groups attached to an aromatic ring is 1. The molecular formula is C10H15N5. The van der Waals surface area contributed by atoms with Crippen LogP contribution in [0.2, 0.25) is 0 Å². The van der Waals surface area contributed by atoms with E-state index in [1.165, 1.54) is 12.8 Å². The van der Waals surface area contributed by atoms with Crippen molar-refractivity contribution in [3.63, 3.8) is 0 Å². The molecule has 3 N–H and O–H groups in total. The van der Waals surface area contributed by atoms with Crippen LogP contribution in [-0.2, 0) is 0 Å². The molecule has 1 aromatic rings. The summed E-state index contributed by atoms with van der Waals surface area (Å²) in [6.07, 6.45) is 4.08. The maximum Gasteiger partial charge on any atom is 0.226 e. The first-order valence-corrected chi connectivity index (χ1v) is 5.16. The minimum absolute atomic E-state index is 0.00880. The van der Waals surface area contributed by atoms with Crippen molar-refractivity contribution < 1.29 is 0 Å². The van der Waals surface area contributed by atoms with Crippen molar-refractivity contribution in [3.8, 4) is 0 Å². The summed E-state index contributed by atoms with van der Waals surface area (Å²) in [5.41, 5.74) is 5.89. The lowest BCUT2D eigenvalue weighted by molar-refractivity contribution is 0.785. The normalized spacial score (nSPS) is 15.0. The first-order chi connectivity index (χ1) is 7.22. The number of nitrogens with one attached hydrogen (secondary N) is 1. The maximum atomic E-state index is 7.32. The van der Waals surface area contributed by atoms with Gasteiger partial charge < -0.3 is 10.6 Å². The average Bonchev–Trinajstić information content (AvgIpc) is 3.04. The lowest BCUT2D eigenvalue weighted by atomic mass is 10.4. The fourth-order valence-electron chi connectivity index (χ4n) is 1.59. The zero-order valence-corrected chi connectivity index (χ0v) is 8.77. The van der Waals surface area contributed by atoms with Gasteiger partial charge in [-0.3, -0.25) is 5.41 Å². The number of hydrogen-bond acceptors (Lipinski definition) is 4. The van der Waals surface area contributed by atoms with Crippen molar-refractivity contribution in [3.05, 3.63) is 18.0 Å². The van der Waals surface area contributed by atoms with E-state index < -0.39 is 0 Å². The van der Waals surface area contributed by atoms with Crippen molar-refractivity contribution in [1.82, 2.24) is 9.97 Å². The number of aromatic nitrogens is 2. The molecule has 0 amide bonds. The van der Waals surface area contributed by atoms with E-state index in [0.717, 1.165) is 6.54 Å². The number of hydrogen-bond donors (Lipinski definition) is 2. The Hall–Kier alpha value is -1.65. The number of anilines is 1. The first kappa shape index (κ1) is 9.89. The molecule has 0 bridgehead atoms. The van der Waals surface area contributed by atoms with Gasteiger partial charge in [0.25, 0.3) is 0 Å². The summed E-state index contributed by atoms with van der Waals surface area (Å²) in [7, 11) is 0. The van der Waals surface area contributed by atoms with E-state index in [9.17, 15) is 0 Å². The molecule has 80 valence electrons. The molecule has 1 fully saturated rings. The smallest absolute Gasteiger partial charge is 0.226 e. The highest BCUT2D eigenvalue weighted by atomic mass is 15.3. The summed E-state index contributed by atoms with van der Waals surface area (Å²) < 4.78 is 0. The summed E-state index contributed by atoms with van der Waals surface area (Å²) in [6, 6.07) is 2.24. The van der Waals surface area contributed by atoms with Gasteiger partial charge in [0.15, 0.2) is 0 Å². The molecule has 0 saturated heterocycles. The summed E-state index contributed by atoms with van der Waals surface area (Å²) >= 11 is 0. The third-order valence-corrected chi connectivity index (χ3v) is 2.50. The van der Waals surface area contributed by atoms with Gasteiger partial charge in [-0.25, -0.2) is 9.97 Å². The molecule has 1 saturated carbocycles. The van der Waals surface area contributed by atoms with Crippen LogP contribution >= 0.6 is 0 Å². The lowest BCUT2D eigenvalue weighted by Crippen LogP contribution is -2.28. The van der Waals surface area contributed by atoms with Gasteiger partial charge in [-0.1, -0.05) is 0 Å². The SMILES string of the molecule is CCN(c1nccc(C(=N)N)n1)C1CC1. The Morgan fingerprint density at radius 1 is 1.67 bits per heavy atom. The molecule has 1 aromatic heterocycles. The Labute approximate surface area is 88.8 Å².